The number of aliphatic hydroxyl groups is 1. The minimum Gasteiger partial charge on any atom is -0.491 e. The number of para-hydroxylation sites is 1. The molecule has 3 saturated heterocycles. The van der Waals surface area contributed by atoms with Gasteiger partial charge in [-0.1, -0.05) is 132 Å². The summed E-state index contributed by atoms with van der Waals surface area (Å²) in [4.78, 5) is 80.5. The van der Waals surface area contributed by atoms with Gasteiger partial charge >= 0.3 is 12.0 Å². The standard InChI is InChI=1S/C61H54N10O7/c1-40(42-16-5-2-6-17-42)64-60(76)70-49-29-24-41(15-13-32-69-50-23-12-11-22-48(50)65-66-69)39-47(49)61(58(70)75)51(56(73)67-33-35-68(36-34-67)59-62-30-14-31-63-59)53-57(74)78-54(44-20-9-4-10-21-44)52(43-18-7-3-8-19-43)71(53)55(61)45-25-27-46(28-26-45)77-38-37-72/h2-12,14,16-31,39-40,51-55,72H,32-38H2,1H3,(H,64,76)/t40-,51-,52-,53-,54+,55+,61-/m1/s1. The van der Waals surface area contributed by atoms with Crippen LogP contribution in [0.2, 0.25) is 0 Å². The van der Waals surface area contributed by atoms with Crippen molar-refractivity contribution in [1.29, 1.82) is 0 Å². The van der Waals surface area contributed by atoms with Crippen molar-refractivity contribution in [2.45, 2.75) is 49.2 Å². The van der Waals surface area contributed by atoms with Crippen LogP contribution in [0.4, 0.5) is 16.4 Å². The molecule has 0 radical (unpaired) electrons. The Morgan fingerprint density at radius 2 is 1.46 bits per heavy atom. The van der Waals surface area contributed by atoms with Crippen molar-refractivity contribution in [2.24, 2.45) is 5.92 Å². The van der Waals surface area contributed by atoms with Gasteiger partial charge in [-0.2, -0.15) is 0 Å². The number of urea groups is 1. The van der Waals surface area contributed by atoms with Gasteiger partial charge in [-0.05, 0) is 83.3 Å². The Morgan fingerprint density at radius 1 is 0.782 bits per heavy atom. The van der Waals surface area contributed by atoms with Crippen LogP contribution in [0.5, 0.6) is 5.75 Å². The molecule has 2 aromatic heterocycles. The number of hydrogen-bond acceptors (Lipinski definition) is 13. The number of anilines is 2. The van der Waals surface area contributed by atoms with Gasteiger partial charge in [0.2, 0.25) is 17.8 Å². The molecule has 17 nitrogen and oxygen atoms in total. The Hall–Kier alpha value is -9.24. The minimum atomic E-state index is -2.02. The van der Waals surface area contributed by atoms with Crippen LogP contribution in [0.1, 0.15) is 64.5 Å². The summed E-state index contributed by atoms with van der Waals surface area (Å²) in [6.45, 7) is 3.01. The van der Waals surface area contributed by atoms with E-state index in [0.717, 1.165) is 27.1 Å². The number of nitrogens with one attached hydrogen (secondary N) is 1. The molecule has 1 spiro atoms. The molecule has 78 heavy (non-hydrogen) atoms. The van der Waals surface area contributed by atoms with Crippen LogP contribution < -0.4 is 19.9 Å². The lowest BCUT2D eigenvalue weighted by atomic mass is 9.64. The third kappa shape index (κ3) is 8.74. The topological polar surface area (TPSA) is 188 Å². The van der Waals surface area contributed by atoms with E-state index in [1.807, 2.05) is 144 Å². The number of nitrogens with zero attached hydrogens (tertiary/aromatic N) is 9. The van der Waals surface area contributed by atoms with Gasteiger partial charge in [0, 0.05) is 44.1 Å². The van der Waals surface area contributed by atoms with Gasteiger partial charge in [-0.25, -0.2) is 24.3 Å². The van der Waals surface area contributed by atoms with Crippen LogP contribution in [-0.4, -0.2) is 109 Å². The van der Waals surface area contributed by atoms with Gasteiger partial charge in [0.25, 0.3) is 0 Å². The molecule has 4 aliphatic heterocycles. The van der Waals surface area contributed by atoms with Gasteiger partial charge in [-0.3, -0.25) is 19.3 Å². The lowest BCUT2D eigenvalue weighted by Crippen LogP contribution is -2.59. The summed E-state index contributed by atoms with van der Waals surface area (Å²) >= 11 is 0. The average molecular weight is 1040 g/mol. The number of carbonyl (C=O) groups excluding carboxylic acids is 4. The summed E-state index contributed by atoms with van der Waals surface area (Å²) in [6, 6.07) is 45.8. The molecule has 4 aliphatic rings. The van der Waals surface area contributed by atoms with Gasteiger partial charge < -0.3 is 29.7 Å². The van der Waals surface area contributed by atoms with E-state index in [-0.39, 0.29) is 38.5 Å². The molecule has 8 aromatic rings. The summed E-state index contributed by atoms with van der Waals surface area (Å²) < 4.78 is 14.3. The number of amides is 4. The fourth-order valence-corrected chi connectivity index (χ4v) is 12.0. The largest absolute Gasteiger partial charge is 0.491 e. The second-order valence-electron chi connectivity index (χ2n) is 19.8. The van der Waals surface area contributed by atoms with Crippen molar-refractivity contribution in [3.8, 4) is 17.6 Å². The highest BCUT2D eigenvalue weighted by Crippen LogP contribution is 2.66. The first-order valence-electron chi connectivity index (χ1n) is 26.1. The average Bonchev–Trinajstić information content (AvgIpc) is 3.20. The smallest absolute Gasteiger partial charge is 0.329 e. The number of ether oxygens (including phenoxy) is 2. The minimum absolute atomic E-state index is 0.0378. The summed E-state index contributed by atoms with van der Waals surface area (Å²) in [5.74, 6) is 4.22. The molecule has 3 fully saturated rings. The molecule has 0 saturated carbocycles. The Balaban J connectivity index is 1.09. The monoisotopic (exact) mass is 1040 g/mol. The molecule has 7 atom stereocenters. The number of morpholine rings is 1. The van der Waals surface area contributed by atoms with Gasteiger partial charge in [0.15, 0.2) is 0 Å². The molecule has 0 bridgehead atoms. The SMILES string of the molecule is C[C@@H](NC(=O)N1C(=O)[C@@]2(c3cc(C#CCn4nnc5ccccc54)ccc31)[C@H](c1ccc(OCCO)cc1)N1[C@H](c3ccccc3)[C@H](c3ccccc3)OC(=O)[C@H]1[C@@H]2C(=O)N1CCN(c2ncccn2)CC1)c1ccccc1. The normalized spacial score (nSPS) is 22.1. The Labute approximate surface area is 450 Å². The van der Waals surface area contributed by atoms with E-state index < -0.39 is 65.4 Å². The molecule has 6 heterocycles. The number of esters is 1. The lowest BCUT2D eigenvalue weighted by molar-refractivity contribution is -0.179. The van der Waals surface area contributed by atoms with E-state index in [1.54, 1.807) is 58.4 Å². The fourth-order valence-electron chi connectivity index (χ4n) is 12.0. The quantitative estimate of drug-likeness (QED) is 0.0985. The highest BCUT2D eigenvalue weighted by molar-refractivity contribution is 6.24. The van der Waals surface area contributed by atoms with Crippen LogP contribution in [0.3, 0.4) is 0 Å². The highest BCUT2D eigenvalue weighted by Gasteiger charge is 2.76. The van der Waals surface area contributed by atoms with Crippen molar-refractivity contribution < 1.29 is 33.8 Å². The predicted octanol–water partition coefficient (Wildman–Crippen LogP) is 7.13. The van der Waals surface area contributed by atoms with Gasteiger partial charge in [0.05, 0.1) is 41.9 Å². The zero-order valence-electron chi connectivity index (χ0n) is 42.6. The van der Waals surface area contributed by atoms with Gasteiger partial charge in [0.1, 0.15) is 42.0 Å². The first kappa shape index (κ1) is 49.6. The van der Waals surface area contributed by atoms with Crippen LogP contribution >= 0.6 is 0 Å². The Bertz CT molecular complexity index is 3570. The van der Waals surface area contributed by atoms with Crippen molar-refractivity contribution in [2.75, 3.05) is 49.2 Å². The molecule has 2 N–H and O–H groups in total. The second-order valence-corrected chi connectivity index (χ2v) is 19.8. The maximum atomic E-state index is 17.0. The number of aliphatic hydroxyl groups excluding tert-OH is 1. The predicted molar refractivity (Wildman–Crippen MR) is 290 cm³/mol. The van der Waals surface area contributed by atoms with E-state index >= 15 is 19.2 Å². The lowest BCUT2D eigenvalue weighted by Gasteiger charge is -2.46. The molecule has 4 amide bonds. The van der Waals surface area contributed by atoms with E-state index in [2.05, 4.69) is 37.4 Å². The highest BCUT2D eigenvalue weighted by atomic mass is 16.6. The maximum Gasteiger partial charge on any atom is 0.329 e. The van der Waals surface area contributed by atoms with Crippen LogP contribution in [0, 0.1) is 17.8 Å². The third-order valence-corrected chi connectivity index (χ3v) is 15.4. The molecular formula is C61H54N10O7. The summed E-state index contributed by atoms with van der Waals surface area (Å²) in [5, 5.41) is 21.5. The Kier molecular flexibility index (Phi) is 13.4. The summed E-state index contributed by atoms with van der Waals surface area (Å²) in [6.07, 6.45) is 2.42. The van der Waals surface area contributed by atoms with Gasteiger partial charge in [-0.15, -0.1) is 5.10 Å². The molecule has 17 heteroatoms. The van der Waals surface area contributed by atoms with Crippen molar-refractivity contribution >= 4 is 46.5 Å². The van der Waals surface area contributed by atoms with E-state index in [0.29, 0.717) is 47.0 Å². The zero-order valence-corrected chi connectivity index (χ0v) is 42.6. The molecule has 6 aromatic carbocycles. The molecule has 0 unspecified atom stereocenters. The number of carbonyl (C=O) groups is 4. The molecule has 12 rings (SSSR count). The number of fused-ring (bicyclic) bond motifs is 4. The number of cyclic esters (lactones) is 1. The zero-order chi connectivity index (χ0) is 53.3. The van der Waals surface area contributed by atoms with E-state index in [4.69, 9.17) is 9.47 Å². The number of hydrogen-bond donors (Lipinski definition) is 2. The van der Waals surface area contributed by atoms with Crippen molar-refractivity contribution in [1.82, 2.24) is 40.1 Å². The summed E-state index contributed by atoms with van der Waals surface area (Å²) in [7, 11) is 0. The fraction of sp³-hybridized carbons (Fsp3) is 0.246. The number of imide groups is 1. The number of piperazine rings is 1. The third-order valence-electron chi connectivity index (χ3n) is 15.4. The van der Waals surface area contributed by atoms with E-state index in [1.165, 1.54) is 0 Å². The van der Waals surface area contributed by atoms with E-state index in [9.17, 15) is 5.11 Å². The van der Waals surface area contributed by atoms with Crippen molar-refractivity contribution in [3.05, 3.63) is 210 Å². The molecule has 390 valence electrons. The van der Waals surface area contributed by atoms with Crippen LogP contribution in [0.15, 0.2) is 176 Å². The number of benzene rings is 6. The first-order valence-corrected chi connectivity index (χ1v) is 26.1. The Morgan fingerprint density at radius 3 is 2.18 bits per heavy atom. The number of aromatic nitrogens is 5. The first-order chi connectivity index (χ1) is 38.2. The molecular weight excluding hydrogens is 985 g/mol. The summed E-state index contributed by atoms with van der Waals surface area (Å²) in [5.41, 5.74) is 3.45. The molecule has 0 aliphatic carbocycles. The second kappa shape index (κ2) is 21.1. The van der Waals surface area contributed by atoms with Crippen LogP contribution in [-0.2, 0) is 31.1 Å². The van der Waals surface area contributed by atoms with Crippen molar-refractivity contribution in [3.63, 3.8) is 0 Å². The number of rotatable bonds is 11. The van der Waals surface area contributed by atoms with Crippen LogP contribution in [0.25, 0.3) is 11.0 Å². The maximum absolute atomic E-state index is 17.0.